The Balaban J connectivity index is 2.20. The molecule has 1 fully saturated rings. The van der Waals surface area contributed by atoms with E-state index in [2.05, 4.69) is 36.2 Å². The van der Waals surface area contributed by atoms with Crippen LogP contribution in [0.3, 0.4) is 0 Å². The number of nitrogens with zero attached hydrogens (tertiary/aromatic N) is 1. The average molecular weight is 269 g/mol. The van der Waals surface area contributed by atoms with Crippen molar-refractivity contribution in [1.29, 1.82) is 0 Å². The van der Waals surface area contributed by atoms with Gasteiger partial charge < -0.3 is 15.0 Å². The van der Waals surface area contributed by atoms with Crippen molar-refractivity contribution in [3.63, 3.8) is 0 Å². The Morgan fingerprint density at radius 1 is 1.50 bits per heavy atom. The lowest BCUT2D eigenvalue weighted by molar-refractivity contribution is 0.0531. The molecule has 18 heavy (non-hydrogen) atoms. The van der Waals surface area contributed by atoms with Crippen LogP contribution in [-0.2, 0) is 11.3 Å². The SMILES string of the molecule is CCNCc1ccc(Cl)cc1N1CCOC(C)C1. The summed E-state index contributed by atoms with van der Waals surface area (Å²) in [6.45, 7) is 8.74. The second kappa shape index (κ2) is 6.41. The molecule has 3 nitrogen and oxygen atoms in total. The predicted molar refractivity (Wildman–Crippen MR) is 76.5 cm³/mol. The van der Waals surface area contributed by atoms with Gasteiger partial charge in [0, 0.05) is 30.3 Å². The molecule has 1 heterocycles. The summed E-state index contributed by atoms with van der Waals surface area (Å²) >= 11 is 6.13. The van der Waals surface area contributed by atoms with Gasteiger partial charge in [0.05, 0.1) is 12.7 Å². The van der Waals surface area contributed by atoms with Gasteiger partial charge in [-0.1, -0.05) is 24.6 Å². The maximum atomic E-state index is 6.13. The zero-order chi connectivity index (χ0) is 13.0. The van der Waals surface area contributed by atoms with Crippen molar-refractivity contribution < 1.29 is 4.74 Å². The van der Waals surface area contributed by atoms with E-state index in [1.807, 2.05) is 6.07 Å². The van der Waals surface area contributed by atoms with E-state index in [1.165, 1.54) is 11.3 Å². The molecule has 4 heteroatoms. The quantitative estimate of drug-likeness (QED) is 0.909. The summed E-state index contributed by atoms with van der Waals surface area (Å²) in [7, 11) is 0. The van der Waals surface area contributed by atoms with Crippen molar-refractivity contribution in [3.05, 3.63) is 28.8 Å². The highest BCUT2D eigenvalue weighted by molar-refractivity contribution is 6.30. The highest BCUT2D eigenvalue weighted by atomic mass is 35.5. The van der Waals surface area contributed by atoms with Crippen molar-refractivity contribution in [2.75, 3.05) is 31.1 Å². The van der Waals surface area contributed by atoms with E-state index in [9.17, 15) is 0 Å². The van der Waals surface area contributed by atoms with E-state index < -0.39 is 0 Å². The van der Waals surface area contributed by atoms with Gasteiger partial charge in [-0.2, -0.15) is 0 Å². The number of rotatable bonds is 4. The van der Waals surface area contributed by atoms with Crippen molar-refractivity contribution in [2.45, 2.75) is 26.5 Å². The Kier molecular flexibility index (Phi) is 4.87. The van der Waals surface area contributed by atoms with Gasteiger partial charge in [-0.3, -0.25) is 0 Å². The average Bonchev–Trinajstić information content (AvgIpc) is 2.37. The smallest absolute Gasteiger partial charge is 0.0722 e. The van der Waals surface area contributed by atoms with E-state index in [1.54, 1.807) is 0 Å². The van der Waals surface area contributed by atoms with E-state index in [0.29, 0.717) is 0 Å². The lowest BCUT2D eigenvalue weighted by Gasteiger charge is -2.34. The zero-order valence-corrected chi connectivity index (χ0v) is 11.8. The first-order valence-corrected chi connectivity index (χ1v) is 6.94. The molecule has 1 aliphatic heterocycles. The first-order chi connectivity index (χ1) is 8.70. The number of nitrogens with one attached hydrogen (secondary N) is 1. The minimum Gasteiger partial charge on any atom is -0.375 e. The van der Waals surface area contributed by atoms with E-state index >= 15 is 0 Å². The number of anilines is 1. The van der Waals surface area contributed by atoms with Crippen LogP contribution in [0.1, 0.15) is 19.4 Å². The fourth-order valence-corrected chi connectivity index (χ4v) is 2.44. The lowest BCUT2D eigenvalue weighted by Crippen LogP contribution is -2.41. The third-order valence-corrected chi connectivity index (χ3v) is 3.43. The number of hydrogen-bond donors (Lipinski definition) is 1. The standard InChI is InChI=1S/C14H21ClN2O/c1-3-16-9-12-4-5-13(15)8-14(12)17-6-7-18-11(2)10-17/h4-5,8,11,16H,3,6-7,9-10H2,1-2H3. The molecule has 0 aromatic heterocycles. The summed E-state index contributed by atoms with van der Waals surface area (Å²) in [5, 5.41) is 4.17. The van der Waals surface area contributed by atoms with Crippen LogP contribution >= 0.6 is 11.6 Å². The minimum absolute atomic E-state index is 0.282. The largest absolute Gasteiger partial charge is 0.375 e. The first kappa shape index (κ1) is 13.7. The lowest BCUT2D eigenvalue weighted by atomic mass is 10.1. The molecule has 1 N–H and O–H groups in total. The zero-order valence-electron chi connectivity index (χ0n) is 11.1. The molecule has 1 unspecified atom stereocenters. The van der Waals surface area contributed by atoms with Crippen LogP contribution < -0.4 is 10.2 Å². The normalized spacial score (nSPS) is 20.2. The molecule has 2 rings (SSSR count). The fourth-order valence-electron chi connectivity index (χ4n) is 2.28. The van der Waals surface area contributed by atoms with E-state index in [-0.39, 0.29) is 6.10 Å². The van der Waals surface area contributed by atoms with Crippen LogP contribution in [0.25, 0.3) is 0 Å². The molecule has 0 aliphatic carbocycles. The first-order valence-electron chi connectivity index (χ1n) is 6.56. The molecule has 0 bridgehead atoms. The summed E-state index contributed by atoms with van der Waals surface area (Å²) < 4.78 is 5.59. The molecule has 0 spiro atoms. The molecular weight excluding hydrogens is 248 g/mol. The topological polar surface area (TPSA) is 24.5 Å². The van der Waals surface area contributed by atoms with Crippen molar-refractivity contribution in [1.82, 2.24) is 5.32 Å². The Labute approximate surface area is 114 Å². The Hall–Kier alpha value is -0.770. The van der Waals surface area contributed by atoms with Gasteiger partial charge in [0.15, 0.2) is 0 Å². The third-order valence-electron chi connectivity index (χ3n) is 3.19. The maximum Gasteiger partial charge on any atom is 0.0722 e. The molecule has 1 atom stereocenters. The van der Waals surface area contributed by atoms with E-state index in [4.69, 9.17) is 16.3 Å². The minimum atomic E-state index is 0.282. The second-order valence-electron chi connectivity index (χ2n) is 4.68. The molecule has 1 aromatic carbocycles. The van der Waals surface area contributed by atoms with Crippen LogP contribution in [0.15, 0.2) is 18.2 Å². The molecule has 0 radical (unpaired) electrons. The van der Waals surface area contributed by atoms with E-state index in [0.717, 1.165) is 37.8 Å². The van der Waals surface area contributed by atoms with Gasteiger partial charge in [0.1, 0.15) is 0 Å². The van der Waals surface area contributed by atoms with Gasteiger partial charge in [-0.25, -0.2) is 0 Å². The fraction of sp³-hybridized carbons (Fsp3) is 0.571. The summed E-state index contributed by atoms with van der Waals surface area (Å²) in [6.07, 6.45) is 0.282. The van der Waals surface area contributed by atoms with Crippen molar-refractivity contribution in [3.8, 4) is 0 Å². The van der Waals surface area contributed by atoms with Crippen molar-refractivity contribution in [2.24, 2.45) is 0 Å². The molecular formula is C14H21ClN2O. The summed E-state index contributed by atoms with van der Waals surface area (Å²) in [5.74, 6) is 0. The summed E-state index contributed by atoms with van der Waals surface area (Å²) in [4.78, 5) is 2.37. The van der Waals surface area contributed by atoms with Crippen LogP contribution in [0, 0.1) is 0 Å². The molecule has 100 valence electrons. The highest BCUT2D eigenvalue weighted by Crippen LogP contribution is 2.26. The predicted octanol–water partition coefficient (Wildman–Crippen LogP) is 2.67. The number of ether oxygens (including phenoxy) is 1. The molecule has 1 aliphatic rings. The molecule has 0 amide bonds. The number of morpholine rings is 1. The van der Waals surface area contributed by atoms with Crippen LogP contribution in [0.2, 0.25) is 5.02 Å². The van der Waals surface area contributed by atoms with Crippen molar-refractivity contribution >= 4 is 17.3 Å². The Morgan fingerprint density at radius 3 is 3.06 bits per heavy atom. The van der Waals surface area contributed by atoms with Gasteiger partial charge in [0.2, 0.25) is 0 Å². The Bertz CT molecular complexity index is 397. The molecule has 1 aromatic rings. The summed E-state index contributed by atoms with van der Waals surface area (Å²) in [5.41, 5.74) is 2.54. The van der Waals surface area contributed by atoms with Crippen LogP contribution in [-0.4, -0.2) is 32.3 Å². The monoisotopic (exact) mass is 268 g/mol. The molecule has 0 saturated carbocycles. The summed E-state index contributed by atoms with van der Waals surface area (Å²) in [6, 6.07) is 6.13. The molecule has 1 saturated heterocycles. The van der Waals surface area contributed by atoms with Gasteiger partial charge >= 0.3 is 0 Å². The third kappa shape index (κ3) is 3.37. The van der Waals surface area contributed by atoms with Crippen LogP contribution in [0.5, 0.6) is 0 Å². The van der Waals surface area contributed by atoms with Crippen LogP contribution in [0.4, 0.5) is 5.69 Å². The van der Waals surface area contributed by atoms with Gasteiger partial charge in [-0.05, 0) is 31.2 Å². The number of halogens is 1. The number of benzene rings is 1. The Morgan fingerprint density at radius 2 is 2.33 bits per heavy atom. The van der Waals surface area contributed by atoms with Gasteiger partial charge in [0.25, 0.3) is 0 Å². The highest BCUT2D eigenvalue weighted by Gasteiger charge is 2.19. The number of hydrogen-bond acceptors (Lipinski definition) is 3. The second-order valence-corrected chi connectivity index (χ2v) is 5.12. The van der Waals surface area contributed by atoms with Gasteiger partial charge in [-0.15, -0.1) is 0 Å². The maximum absolute atomic E-state index is 6.13.